The molecule has 25 heavy (non-hydrogen) atoms. The zero-order valence-electron chi connectivity index (χ0n) is 14.7. The van der Waals surface area contributed by atoms with Crippen LogP contribution < -0.4 is 0 Å². The smallest absolute Gasteiger partial charge is 0.226 e. The number of halogens is 1. The van der Waals surface area contributed by atoms with Gasteiger partial charge in [0.25, 0.3) is 0 Å². The monoisotopic (exact) mass is 347 g/mol. The molecule has 0 radical (unpaired) electrons. The van der Waals surface area contributed by atoms with E-state index in [1.807, 2.05) is 11.8 Å². The van der Waals surface area contributed by atoms with Gasteiger partial charge in [-0.25, -0.2) is 4.39 Å². The quantitative estimate of drug-likeness (QED) is 0.891. The standard InChI is InChI=1S/C20H26FNO3/c1-2-25-18-14-17(23)20(18)10-12-22(13-11-20)19(24)9-5-7-15-6-3-4-8-16(15)21/h3-8,17-18,23H,2,9-14H2,1H3/b7-5+. The van der Waals surface area contributed by atoms with Crippen molar-refractivity contribution in [2.75, 3.05) is 19.7 Å². The fraction of sp³-hybridized carbons (Fsp3) is 0.550. The largest absolute Gasteiger partial charge is 0.392 e. The molecule has 4 nitrogen and oxygen atoms in total. The predicted molar refractivity (Wildman–Crippen MR) is 94.3 cm³/mol. The first-order valence-corrected chi connectivity index (χ1v) is 9.05. The van der Waals surface area contributed by atoms with Gasteiger partial charge in [0.2, 0.25) is 5.91 Å². The van der Waals surface area contributed by atoms with Crippen LogP contribution in [-0.4, -0.2) is 47.8 Å². The zero-order valence-corrected chi connectivity index (χ0v) is 14.7. The topological polar surface area (TPSA) is 49.8 Å². The Hall–Kier alpha value is -1.72. The first-order valence-electron chi connectivity index (χ1n) is 9.05. The van der Waals surface area contributed by atoms with Gasteiger partial charge in [0.1, 0.15) is 5.82 Å². The van der Waals surface area contributed by atoms with E-state index in [0.717, 1.165) is 12.8 Å². The average Bonchev–Trinajstić information content (AvgIpc) is 2.63. The molecule has 0 aromatic heterocycles. The maximum Gasteiger partial charge on any atom is 0.226 e. The molecule has 1 spiro atoms. The van der Waals surface area contributed by atoms with Crippen LogP contribution in [0.1, 0.15) is 38.2 Å². The summed E-state index contributed by atoms with van der Waals surface area (Å²) >= 11 is 0. The van der Waals surface area contributed by atoms with Crippen LogP contribution in [0.3, 0.4) is 0 Å². The number of aliphatic hydroxyl groups is 1. The van der Waals surface area contributed by atoms with Crippen LogP contribution in [0.5, 0.6) is 0 Å². The minimum atomic E-state index is -0.317. The van der Waals surface area contributed by atoms with Crippen molar-refractivity contribution in [2.45, 2.75) is 44.8 Å². The van der Waals surface area contributed by atoms with Gasteiger partial charge in [0.05, 0.1) is 12.2 Å². The molecule has 1 heterocycles. The third-order valence-corrected chi connectivity index (χ3v) is 5.65. The van der Waals surface area contributed by atoms with E-state index < -0.39 is 0 Å². The number of carbonyl (C=O) groups is 1. The Bertz CT molecular complexity index is 636. The van der Waals surface area contributed by atoms with E-state index in [-0.39, 0.29) is 35.8 Å². The number of hydrogen-bond donors (Lipinski definition) is 1. The van der Waals surface area contributed by atoms with E-state index in [4.69, 9.17) is 4.74 Å². The molecule has 1 N–H and O–H groups in total. The highest BCUT2D eigenvalue weighted by atomic mass is 19.1. The minimum absolute atomic E-state index is 0.0456. The number of piperidine rings is 1. The summed E-state index contributed by atoms with van der Waals surface area (Å²) in [6.45, 7) is 3.92. The van der Waals surface area contributed by atoms with Crippen molar-refractivity contribution in [3.63, 3.8) is 0 Å². The molecule has 1 aromatic rings. The average molecular weight is 347 g/mol. The van der Waals surface area contributed by atoms with Gasteiger partial charge in [0, 0.05) is 43.5 Å². The van der Waals surface area contributed by atoms with Gasteiger partial charge in [-0.3, -0.25) is 4.79 Å². The molecule has 1 aliphatic heterocycles. The third-order valence-electron chi connectivity index (χ3n) is 5.65. The molecule has 1 amide bonds. The summed E-state index contributed by atoms with van der Waals surface area (Å²) in [5, 5.41) is 10.2. The maximum absolute atomic E-state index is 13.6. The molecule has 136 valence electrons. The fourth-order valence-corrected chi connectivity index (χ4v) is 4.02. The second-order valence-electron chi connectivity index (χ2n) is 6.94. The van der Waals surface area contributed by atoms with Crippen LogP contribution in [0.4, 0.5) is 4.39 Å². The van der Waals surface area contributed by atoms with E-state index in [0.29, 0.717) is 31.7 Å². The Kier molecular flexibility index (Phi) is 5.54. The molecule has 2 atom stereocenters. The summed E-state index contributed by atoms with van der Waals surface area (Å²) in [5.74, 6) is -0.240. The lowest BCUT2D eigenvalue weighted by Crippen LogP contribution is -2.62. The summed E-state index contributed by atoms with van der Waals surface area (Å²) < 4.78 is 19.3. The Balaban J connectivity index is 1.51. The van der Waals surface area contributed by atoms with Crippen LogP contribution in [0.25, 0.3) is 6.08 Å². The molecule has 2 aliphatic rings. The molecular weight excluding hydrogens is 321 g/mol. The van der Waals surface area contributed by atoms with Crippen molar-refractivity contribution in [2.24, 2.45) is 5.41 Å². The van der Waals surface area contributed by atoms with Gasteiger partial charge < -0.3 is 14.7 Å². The Morgan fingerprint density at radius 2 is 2.12 bits per heavy atom. The number of nitrogens with zero attached hydrogens (tertiary/aromatic N) is 1. The number of ether oxygens (including phenoxy) is 1. The van der Waals surface area contributed by atoms with Crippen molar-refractivity contribution in [3.05, 3.63) is 41.7 Å². The van der Waals surface area contributed by atoms with Crippen LogP contribution in [0, 0.1) is 11.2 Å². The SMILES string of the molecule is CCOC1CC(O)C12CCN(C(=O)C/C=C/c1ccccc1F)CC2. The lowest BCUT2D eigenvalue weighted by Gasteiger charge is -2.56. The fourth-order valence-electron chi connectivity index (χ4n) is 4.02. The summed E-state index contributed by atoms with van der Waals surface area (Å²) in [4.78, 5) is 14.2. The van der Waals surface area contributed by atoms with Crippen molar-refractivity contribution >= 4 is 12.0 Å². The van der Waals surface area contributed by atoms with E-state index in [2.05, 4.69) is 0 Å². The highest BCUT2D eigenvalue weighted by Gasteiger charge is 2.56. The molecule has 1 aromatic carbocycles. The lowest BCUT2D eigenvalue weighted by molar-refractivity contribution is -0.210. The molecule has 1 saturated heterocycles. The normalized spacial score (nSPS) is 25.3. The van der Waals surface area contributed by atoms with Crippen LogP contribution >= 0.6 is 0 Å². The molecule has 1 saturated carbocycles. The number of rotatable bonds is 5. The van der Waals surface area contributed by atoms with Gasteiger partial charge in [-0.05, 0) is 25.8 Å². The van der Waals surface area contributed by atoms with Crippen molar-refractivity contribution in [1.29, 1.82) is 0 Å². The first kappa shape index (κ1) is 18.1. The van der Waals surface area contributed by atoms with Gasteiger partial charge in [-0.15, -0.1) is 0 Å². The molecule has 0 bridgehead atoms. The minimum Gasteiger partial charge on any atom is -0.392 e. The van der Waals surface area contributed by atoms with E-state index >= 15 is 0 Å². The van der Waals surface area contributed by atoms with Crippen molar-refractivity contribution in [1.82, 2.24) is 4.90 Å². The number of hydrogen-bond acceptors (Lipinski definition) is 3. The van der Waals surface area contributed by atoms with Gasteiger partial charge in [-0.2, -0.15) is 0 Å². The van der Waals surface area contributed by atoms with Gasteiger partial charge in [0.15, 0.2) is 0 Å². The lowest BCUT2D eigenvalue weighted by atomic mass is 9.58. The maximum atomic E-state index is 13.6. The number of amides is 1. The molecule has 2 unspecified atom stereocenters. The summed E-state index contributed by atoms with van der Waals surface area (Å²) in [7, 11) is 0. The molecule has 5 heteroatoms. The van der Waals surface area contributed by atoms with Crippen LogP contribution in [-0.2, 0) is 9.53 Å². The summed E-state index contributed by atoms with van der Waals surface area (Å²) in [6.07, 6.45) is 5.69. The second kappa shape index (κ2) is 7.67. The Labute approximate surface area is 148 Å². The van der Waals surface area contributed by atoms with Gasteiger partial charge in [-0.1, -0.05) is 30.4 Å². The summed E-state index contributed by atoms with van der Waals surface area (Å²) in [5.41, 5.74) is 0.320. The highest BCUT2D eigenvalue weighted by Crippen LogP contribution is 2.50. The number of aliphatic hydroxyl groups excluding tert-OH is 1. The summed E-state index contributed by atoms with van der Waals surface area (Å²) in [6, 6.07) is 6.51. The number of likely N-dealkylation sites (tertiary alicyclic amines) is 1. The molecular formula is C20H26FNO3. The molecule has 1 aliphatic carbocycles. The second-order valence-corrected chi connectivity index (χ2v) is 6.94. The number of carbonyl (C=O) groups excluding carboxylic acids is 1. The van der Waals surface area contributed by atoms with E-state index in [1.165, 1.54) is 6.07 Å². The predicted octanol–water partition coefficient (Wildman–Crippen LogP) is 3.01. The molecule has 3 rings (SSSR count). The third kappa shape index (κ3) is 3.62. The highest BCUT2D eigenvalue weighted by molar-refractivity contribution is 5.78. The van der Waals surface area contributed by atoms with E-state index in [9.17, 15) is 14.3 Å². The first-order chi connectivity index (χ1) is 12.1. The van der Waals surface area contributed by atoms with Crippen molar-refractivity contribution in [3.8, 4) is 0 Å². The van der Waals surface area contributed by atoms with Gasteiger partial charge >= 0.3 is 0 Å². The Morgan fingerprint density at radius 3 is 2.76 bits per heavy atom. The zero-order chi connectivity index (χ0) is 17.9. The van der Waals surface area contributed by atoms with Crippen LogP contribution in [0.2, 0.25) is 0 Å². The van der Waals surface area contributed by atoms with E-state index in [1.54, 1.807) is 30.4 Å². The Morgan fingerprint density at radius 1 is 1.40 bits per heavy atom. The molecule has 2 fully saturated rings. The number of benzene rings is 1. The van der Waals surface area contributed by atoms with Crippen LogP contribution in [0.15, 0.2) is 30.3 Å². The van der Waals surface area contributed by atoms with Crippen molar-refractivity contribution < 1.29 is 19.0 Å².